The van der Waals surface area contributed by atoms with Gasteiger partial charge in [0, 0.05) is 29.9 Å². The lowest BCUT2D eigenvalue weighted by atomic mass is 9.67. The number of piperidine rings is 1. The average Bonchev–Trinajstić information content (AvgIpc) is 3.01. The fourth-order valence-corrected chi connectivity index (χ4v) is 5.15. The highest BCUT2D eigenvalue weighted by Crippen LogP contribution is 2.42. The molecule has 27 heavy (non-hydrogen) atoms. The van der Waals surface area contributed by atoms with Crippen LogP contribution in [-0.2, 0) is 16.0 Å². The molecule has 1 saturated heterocycles. The van der Waals surface area contributed by atoms with Gasteiger partial charge in [0.15, 0.2) is 5.78 Å². The Hall–Kier alpha value is -1.85. The van der Waals surface area contributed by atoms with Crippen LogP contribution in [0.15, 0.2) is 24.3 Å². The van der Waals surface area contributed by atoms with Crippen LogP contribution >= 0.6 is 12.4 Å². The highest BCUT2D eigenvalue weighted by molar-refractivity contribution is 6.03. The predicted octanol–water partition coefficient (Wildman–Crippen LogP) is 3.46. The molecule has 0 spiro atoms. The van der Waals surface area contributed by atoms with Crippen molar-refractivity contribution < 1.29 is 14.3 Å². The Balaban J connectivity index is 0.00000210. The average molecular weight is 391 g/mol. The van der Waals surface area contributed by atoms with Crippen molar-refractivity contribution in [2.75, 3.05) is 20.7 Å². The molecule has 1 fully saturated rings. The number of ether oxygens (including phenoxy) is 1. The summed E-state index contributed by atoms with van der Waals surface area (Å²) in [5.74, 6) is 0.0584. The number of nitrogens with one attached hydrogen (secondary N) is 1. The molecular weight excluding hydrogens is 364 g/mol. The molecule has 0 saturated carbocycles. The second kappa shape index (κ2) is 7.64. The quantitative estimate of drug-likeness (QED) is 0.797. The number of para-hydroxylation sites is 1. The zero-order valence-corrected chi connectivity index (χ0v) is 16.8. The highest BCUT2D eigenvalue weighted by Gasteiger charge is 2.48. The minimum atomic E-state index is -0.255. The van der Waals surface area contributed by atoms with E-state index >= 15 is 0 Å². The molecule has 1 unspecified atom stereocenters. The molecule has 4 rings (SSSR count). The van der Waals surface area contributed by atoms with E-state index in [4.69, 9.17) is 4.74 Å². The molecule has 1 N–H and O–H groups in total. The molecule has 1 aromatic heterocycles. The van der Waals surface area contributed by atoms with E-state index in [1.165, 1.54) is 7.11 Å². The number of aromatic amines is 1. The van der Waals surface area contributed by atoms with Gasteiger partial charge in [0.2, 0.25) is 0 Å². The number of carbonyl (C=O) groups excluding carboxylic acids is 2. The van der Waals surface area contributed by atoms with Gasteiger partial charge in [-0.1, -0.05) is 31.5 Å². The Morgan fingerprint density at radius 3 is 2.74 bits per heavy atom. The summed E-state index contributed by atoms with van der Waals surface area (Å²) < 4.78 is 5.17. The molecule has 1 aliphatic carbocycles. The van der Waals surface area contributed by atoms with Crippen LogP contribution in [0.2, 0.25) is 0 Å². The number of rotatable bonds is 2. The first kappa shape index (κ1) is 19.9. The number of esters is 1. The van der Waals surface area contributed by atoms with E-state index in [9.17, 15) is 9.59 Å². The molecule has 0 amide bonds. The Labute approximate surface area is 165 Å². The molecular formula is C21H27ClN2O3. The molecule has 5 nitrogen and oxygen atoms in total. The zero-order chi connectivity index (χ0) is 18.4. The van der Waals surface area contributed by atoms with Crippen molar-refractivity contribution in [2.45, 2.75) is 32.2 Å². The molecule has 2 bridgehead atoms. The number of methoxy groups -OCH3 is 1. The van der Waals surface area contributed by atoms with E-state index in [-0.39, 0.29) is 42.0 Å². The standard InChI is InChI=1S/C21H26N2O3.ClH/c1-4-12-11-23(2)17-9-15-13-7-5-6-8-16(13)22-20(15)18(24)10-14(12)19(17)21(25)26-3;/h5-8,12,14,17,19,22H,4,9-11H2,1-3H3;1H/t12-,14?,17-,19-;/m0./s1. The summed E-state index contributed by atoms with van der Waals surface area (Å²) in [6.45, 7) is 3.06. The fraction of sp³-hybridized carbons (Fsp3) is 0.524. The van der Waals surface area contributed by atoms with Crippen molar-refractivity contribution in [1.82, 2.24) is 9.88 Å². The minimum absolute atomic E-state index is 0. The van der Waals surface area contributed by atoms with Crippen LogP contribution in [0.3, 0.4) is 0 Å². The Kier molecular flexibility index (Phi) is 5.63. The van der Waals surface area contributed by atoms with Crippen molar-refractivity contribution in [2.24, 2.45) is 17.8 Å². The lowest BCUT2D eigenvalue weighted by Gasteiger charge is -2.47. The van der Waals surface area contributed by atoms with Gasteiger partial charge in [-0.05, 0) is 36.9 Å². The third kappa shape index (κ3) is 3.17. The van der Waals surface area contributed by atoms with Gasteiger partial charge in [-0.15, -0.1) is 12.4 Å². The number of halogens is 1. The Morgan fingerprint density at radius 2 is 2.04 bits per heavy atom. The summed E-state index contributed by atoms with van der Waals surface area (Å²) in [4.78, 5) is 31.5. The Morgan fingerprint density at radius 1 is 1.30 bits per heavy atom. The van der Waals surface area contributed by atoms with Crippen LogP contribution in [0.5, 0.6) is 0 Å². The summed E-state index contributed by atoms with van der Waals surface area (Å²) in [7, 11) is 3.55. The van der Waals surface area contributed by atoms with E-state index in [1.54, 1.807) is 0 Å². The van der Waals surface area contributed by atoms with E-state index < -0.39 is 0 Å². The third-order valence-electron chi connectivity index (χ3n) is 6.49. The van der Waals surface area contributed by atoms with E-state index in [1.807, 2.05) is 18.2 Å². The maximum atomic E-state index is 13.1. The van der Waals surface area contributed by atoms with Gasteiger partial charge in [0.05, 0.1) is 18.7 Å². The molecule has 1 aliphatic heterocycles. The summed E-state index contributed by atoms with van der Waals surface area (Å²) in [5.41, 5.74) is 2.77. The molecule has 1 aromatic carbocycles. The summed E-state index contributed by atoms with van der Waals surface area (Å²) >= 11 is 0. The van der Waals surface area contributed by atoms with Crippen molar-refractivity contribution in [3.05, 3.63) is 35.5 Å². The number of H-pyrrole nitrogens is 1. The second-order valence-corrected chi connectivity index (χ2v) is 7.74. The van der Waals surface area contributed by atoms with Crippen LogP contribution in [0.25, 0.3) is 10.9 Å². The van der Waals surface area contributed by atoms with Crippen LogP contribution in [0.1, 0.15) is 35.8 Å². The number of likely N-dealkylation sites (tertiary alicyclic amines) is 1. The number of likely N-dealkylation sites (N-methyl/N-ethyl adjacent to an activating group) is 1. The lowest BCUT2D eigenvalue weighted by Crippen LogP contribution is -2.56. The molecule has 146 valence electrons. The van der Waals surface area contributed by atoms with Gasteiger partial charge in [-0.25, -0.2) is 0 Å². The maximum Gasteiger partial charge on any atom is 0.310 e. The van der Waals surface area contributed by atoms with Crippen LogP contribution in [0.4, 0.5) is 0 Å². The topological polar surface area (TPSA) is 62.4 Å². The number of hydrogen-bond acceptors (Lipinski definition) is 4. The largest absolute Gasteiger partial charge is 0.469 e. The van der Waals surface area contributed by atoms with E-state index in [0.29, 0.717) is 18.8 Å². The predicted molar refractivity (Wildman–Crippen MR) is 107 cm³/mol. The van der Waals surface area contributed by atoms with Gasteiger partial charge in [-0.2, -0.15) is 0 Å². The highest BCUT2D eigenvalue weighted by atomic mass is 35.5. The zero-order valence-electron chi connectivity index (χ0n) is 16.0. The first-order valence-electron chi connectivity index (χ1n) is 9.46. The van der Waals surface area contributed by atoms with Gasteiger partial charge < -0.3 is 14.6 Å². The maximum absolute atomic E-state index is 13.1. The number of fused-ring (bicyclic) bond motifs is 5. The van der Waals surface area contributed by atoms with Gasteiger partial charge in [-0.3, -0.25) is 9.59 Å². The van der Waals surface area contributed by atoms with Crippen LogP contribution in [-0.4, -0.2) is 48.4 Å². The van der Waals surface area contributed by atoms with Crippen LogP contribution < -0.4 is 0 Å². The summed E-state index contributed by atoms with van der Waals surface area (Å²) in [6, 6.07) is 8.10. The number of aromatic nitrogens is 1. The smallest absolute Gasteiger partial charge is 0.310 e. The van der Waals surface area contributed by atoms with Crippen molar-refractivity contribution in [3.8, 4) is 0 Å². The number of benzene rings is 1. The fourth-order valence-electron chi connectivity index (χ4n) is 5.15. The van der Waals surface area contributed by atoms with Gasteiger partial charge in [0.1, 0.15) is 0 Å². The van der Waals surface area contributed by atoms with Crippen LogP contribution in [0, 0.1) is 17.8 Å². The number of ketones is 1. The van der Waals surface area contributed by atoms with Gasteiger partial charge >= 0.3 is 5.97 Å². The summed E-state index contributed by atoms with van der Waals surface area (Å²) in [5, 5.41) is 1.09. The minimum Gasteiger partial charge on any atom is -0.469 e. The molecule has 6 heteroatoms. The summed E-state index contributed by atoms with van der Waals surface area (Å²) in [6.07, 6.45) is 2.05. The number of nitrogens with zero attached hydrogens (tertiary/aromatic N) is 1. The Bertz CT molecular complexity index is 862. The number of carbonyl (C=O) groups is 2. The molecule has 2 aliphatic rings. The second-order valence-electron chi connectivity index (χ2n) is 7.74. The van der Waals surface area contributed by atoms with E-state index in [2.05, 4.69) is 29.9 Å². The normalized spacial score (nSPS) is 28.0. The lowest BCUT2D eigenvalue weighted by molar-refractivity contribution is -0.154. The SMILES string of the molecule is CC[C@H]1CN(C)[C@H]2Cc3c([nH]c4ccccc34)C(=O)CC1[C@@H]2C(=O)OC.Cl. The number of Topliss-reactive ketones (excluding diaryl/α,β-unsaturated/α-hetero) is 1. The molecule has 4 atom stereocenters. The van der Waals surface area contributed by atoms with E-state index in [0.717, 1.165) is 35.1 Å². The van der Waals surface area contributed by atoms with Crippen molar-refractivity contribution in [3.63, 3.8) is 0 Å². The van der Waals surface area contributed by atoms with Crippen molar-refractivity contribution >= 4 is 35.1 Å². The van der Waals surface area contributed by atoms with Crippen molar-refractivity contribution in [1.29, 1.82) is 0 Å². The third-order valence-corrected chi connectivity index (χ3v) is 6.49. The molecule has 2 aromatic rings. The first-order valence-corrected chi connectivity index (χ1v) is 9.46. The first-order chi connectivity index (χ1) is 12.5. The monoisotopic (exact) mass is 390 g/mol. The van der Waals surface area contributed by atoms with Gasteiger partial charge in [0.25, 0.3) is 0 Å². The molecule has 0 radical (unpaired) electrons. The number of hydrogen-bond donors (Lipinski definition) is 1. The molecule has 2 heterocycles.